The molecule has 1 aliphatic heterocycles. The van der Waals surface area contributed by atoms with Gasteiger partial charge in [-0.05, 0) is 36.6 Å². The predicted octanol–water partition coefficient (Wildman–Crippen LogP) is 1.70. The minimum absolute atomic E-state index is 0.0965. The monoisotopic (exact) mass is 288 g/mol. The first kappa shape index (κ1) is 13.8. The number of nitrogens with two attached hydrogens (primary N) is 1. The van der Waals surface area contributed by atoms with Gasteiger partial charge in [-0.25, -0.2) is 8.42 Å². The summed E-state index contributed by atoms with van der Waals surface area (Å²) >= 11 is 5.76. The third kappa shape index (κ3) is 2.69. The van der Waals surface area contributed by atoms with Crippen molar-refractivity contribution >= 4 is 21.6 Å². The third-order valence-electron chi connectivity index (χ3n) is 3.43. The summed E-state index contributed by atoms with van der Waals surface area (Å²) in [5, 5.41) is 0.526. The molecule has 1 aromatic rings. The van der Waals surface area contributed by atoms with E-state index in [-0.39, 0.29) is 10.9 Å². The predicted molar refractivity (Wildman–Crippen MR) is 72.0 cm³/mol. The van der Waals surface area contributed by atoms with Crippen molar-refractivity contribution in [2.24, 2.45) is 11.7 Å². The fourth-order valence-electron chi connectivity index (χ4n) is 2.04. The highest BCUT2D eigenvalue weighted by Gasteiger charge is 2.31. The van der Waals surface area contributed by atoms with Gasteiger partial charge in [-0.3, -0.25) is 0 Å². The van der Waals surface area contributed by atoms with E-state index >= 15 is 0 Å². The Morgan fingerprint density at radius 2 is 1.94 bits per heavy atom. The number of halogens is 1. The number of nitrogens with zero attached hydrogens (tertiary/aromatic N) is 1. The van der Waals surface area contributed by atoms with Crippen molar-refractivity contribution in [1.29, 1.82) is 0 Å². The molecule has 0 saturated carbocycles. The number of benzene rings is 1. The number of piperidine rings is 1. The molecule has 0 aromatic heterocycles. The van der Waals surface area contributed by atoms with E-state index in [1.54, 1.807) is 12.1 Å². The summed E-state index contributed by atoms with van der Waals surface area (Å²) in [5.41, 5.74) is 5.94. The van der Waals surface area contributed by atoms with Crippen molar-refractivity contribution < 1.29 is 8.42 Å². The molecule has 100 valence electrons. The minimum Gasteiger partial charge on any atom is -0.326 e. The largest absolute Gasteiger partial charge is 0.326 e. The van der Waals surface area contributed by atoms with Crippen LogP contribution in [0.3, 0.4) is 0 Å². The van der Waals surface area contributed by atoms with Gasteiger partial charge >= 0.3 is 0 Å². The smallest absolute Gasteiger partial charge is 0.243 e. The van der Waals surface area contributed by atoms with Gasteiger partial charge in [0.05, 0.1) is 4.90 Å². The van der Waals surface area contributed by atoms with Crippen LogP contribution >= 0.6 is 11.6 Å². The van der Waals surface area contributed by atoms with Gasteiger partial charge in [0.1, 0.15) is 0 Å². The molecule has 0 bridgehead atoms. The van der Waals surface area contributed by atoms with Crippen LogP contribution in [0.2, 0.25) is 5.02 Å². The molecule has 1 heterocycles. The van der Waals surface area contributed by atoms with E-state index < -0.39 is 10.0 Å². The van der Waals surface area contributed by atoms with Gasteiger partial charge in [0, 0.05) is 24.2 Å². The van der Waals surface area contributed by atoms with E-state index in [0.29, 0.717) is 24.0 Å². The molecule has 1 aromatic carbocycles. The van der Waals surface area contributed by atoms with Crippen LogP contribution in [0.4, 0.5) is 0 Å². The zero-order chi connectivity index (χ0) is 13.3. The molecule has 0 radical (unpaired) electrons. The summed E-state index contributed by atoms with van der Waals surface area (Å²) in [6.45, 7) is 2.96. The average Bonchev–Trinajstić information content (AvgIpc) is 2.33. The second kappa shape index (κ2) is 5.17. The summed E-state index contributed by atoms with van der Waals surface area (Å²) < 4.78 is 26.2. The van der Waals surface area contributed by atoms with Crippen molar-refractivity contribution in [2.75, 3.05) is 13.1 Å². The Balaban J connectivity index is 2.24. The van der Waals surface area contributed by atoms with E-state index in [1.165, 1.54) is 16.4 Å². The first-order valence-electron chi connectivity index (χ1n) is 5.92. The molecule has 0 aliphatic carbocycles. The lowest BCUT2D eigenvalue weighted by Crippen LogP contribution is -2.49. The molecule has 2 atom stereocenters. The van der Waals surface area contributed by atoms with Gasteiger partial charge in [0.15, 0.2) is 0 Å². The molecule has 1 fully saturated rings. The summed E-state index contributed by atoms with van der Waals surface area (Å²) in [7, 11) is -3.44. The molecule has 4 nitrogen and oxygen atoms in total. The van der Waals surface area contributed by atoms with Crippen LogP contribution in [0.5, 0.6) is 0 Å². The van der Waals surface area contributed by atoms with E-state index in [2.05, 4.69) is 6.92 Å². The zero-order valence-corrected chi connectivity index (χ0v) is 11.8. The van der Waals surface area contributed by atoms with Crippen LogP contribution in [-0.2, 0) is 10.0 Å². The highest BCUT2D eigenvalue weighted by molar-refractivity contribution is 7.89. The van der Waals surface area contributed by atoms with Crippen molar-refractivity contribution in [3.63, 3.8) is 0 Å². The van der Waals surface area contributed by atoms with Gasteiger partial charge in [-0.2, -0.15) is 4.31 Å². The van der Waals surface area contributed by atoms with E-state index in [4.69, 9.17) is 17.3 Å². The molecule has 0 spiro atoms. The van der Waals surface area contributed by atoms with Gasteiger partial charge in [-0.1, -0.05) is 18.5 Å². The van der Waals surface area contributed by atoms with E-state index in [9.17, 15) is 8.42 Å². The Kier molecular flexibility index (Phi) is 3.96. The SMILES string of the molecule is CC1CCN(S(=O)(=O)c2ccc(Cl)cc2)CC1N. The average molecular weight is 289 g/mol. The fraction of sp³-hybridized carbons (Fsp3) is 0.500. The topological polar surface area (TPSA) is 63.4 Å². The fourth-order valence-corrected chi connectivity index (χ4v) is 3.66. The molecule has 2 unspecified atom stereocenters. The molecule has 1 saturated heterocycles. The second-order valence-corrected chi connectivity index (χ2v) is 7.12. The number of hydrogen-bond acceptors (Lipinski definition) is 3. The maximum Gasteiger partial charge on any atom is 0.243 e. The van der Waals surface area contributed by atoms with Crippen molar-refractivity contribution in [2.45, 2.75) is 24.3 Å². The maximum absolute atomic E-state index is 12.4. The number of rotatable bonds is 2. The Morgan fingerprint density at radius 3 is 2.50 bits per heavy atom. The molecule has 2 rings (SSSR count). The van der Waals surface area contributed by atoms with Gasteiger partial charge in [0.25, 0.3) is 0 Å². The van der Waals surface area contributed by atoms with E-state index in [0.717, 1.165) is 6.42 Å². The first-order valence-corrected chi connectivity index (χ1v) is 7.74. The zero-order valence-electron chi connectivity index (χ0n) is 10.2. The quantitative estimate of drug-likeness (QED) is 0.901. The summed E-state index contributed by atoms with van der Waals surface area (Å²) in [5.74, 6) is 0.363. The Morgan fingerprint density at radius 1 is 1.33 bits per heavy atom. The Hall–Kier alpha value is -0.620. The summed E-state index contributed by atoms with van der Waals surface area (Å²) in [6, 6.07) is 6.13. The summed E-state index contributed by atoms with van der Waals surface area (Å²) in [6.07, 6.45) is 0.800. The molecule has 1 aliphatic rings. The number of hydrogen-bond donors (Lipinski definition) is 1. The van der Waals surface area contributed by atoms with Crippen LogP contribution in [-0.4, -0.2) is 31.9 Å². The molecule has 0 amide bonds. The number of sulfonamides is 1. The molecule has 2 N–H and O–H groups in total. The van der Waals surface area contributed by atoms with Crippen molar-refractivity contribution in [3.05, 3.63) is 29.3 Å². The standard InChI is InChI=1S/C12H17ClN2O2S/c1-9-6-7-15(8-12(9)14)18(16,17)11-4-2-10(13)3-5-11/h2-5,9,12H,6-8,14H2,1H3. The van der Waals surface area contributed by atoms with Gasteiger partial charge in [-0.15, -0.1) is 0 Å². The lowest BCUT2D eigenvalue weighted by Gasteiger charge is -2.34. The van der Waals surface area contributed by atoms with Crippen LogP contribution in [0.1, 0.15) is 13.3 Å². The highest BCUT2D eigenvalue weighted by Crippen LogP contribution is 2.23. The van der Waals surface area contributed by atoms with Crippen LogP contribution < -0.4 is 5.73 Å². The van der Waals surface area contributed by atoms with Crippen molar-refractivity contribution in [3.8, 4) is 0 Å². The van der Waals surface area contributed by atoms with Gasteiger partial charge in [0.2, 0.25) is 10.0 Å². The van der Waals surface area contributed by atoms with Crippen LogP contribution in [0.25, 0.3) is 0 Å². The van der Waals surface area contributed by atoms with Crippen LogP contribution in [0.15, 0.2) is 29.2 Å². The molecular formula is C12H17ClN2O2S. The lowest BCUT2D eigenvalue weighted by molar-refractivity contribution is 0.253. The van der Waals surface area contributed by atoms with Gasteiger partial charge < -0.3 is 5.73 Å². The first-order chi connectivity index (χ1) is 8.41. The van der Waals surface area contributed by atoms with E-state index in [1.807, 2.05) is 0 Å². The highest BCUT2D eigenvalue weighted by atomic mass is 35.5. The third-order valence-corrected chi connectivity index (χ3v) is 5.56. The Bertz CT molecular complexity index is 515. The minimum atomic E-state index is -3.44. The molecule has 6 heteroatoms. The molecular weight excluding hydrogens is 272 g/mol. The van der Waals surface area contributed by atoms with Crippen molar-refractivity contribution in [1.82, 2.24) is 4.31 Å². The summed E-state index contributed by atoms with van der Waals surface area (Å²) in [4.78, 5) is 0.272. The second-order valence-electron chi connectivity index (χ2n) is 4.75. The van der Waals surface area contributed by atoms with Crippen LogP contribution in [0, 0.1) is 5.92 Å². The normalized spacial score (nSPS) is 26.2. The lowest BCUT2D eigenvalue weighted by atomic mass is 9.96. The maximum atomic E-state index is 12.4. The Labute approximate surface area is 113 Å². The molecule has 18 heavy (non-hydrogen) atoms.